The molecule has 0 saturated heterocycles. The molecule has 118 valence electrons. The number of urea groups is 1. The number of hydrogen-bond acceptors (Lipinski definition) is 4. The van der Waals surface area contributed by atoms with Crippen molar-refractivity contribution in [3.05, 3.63) is 47.9 Å². The molecule has 22 heavy (non-hydrogen) atoms. The molecule has 6 nitrogen and oxygen atoms in total. The number of nitrogens with one attached hydrogen (secondary N) is 2. The van der Waals surface area contributed by atoms with Gasteiger partial charge in [0.1, 0.15) is 17.3 Å². The van der Waals surface area contributed by atoms with E-state index in [4.69, 9.17) is 13.9 Å². The van der Waals surface area contributed by atoms with Gasteiger partial charge in [0, 0.05) is 5.56 Å². The van der Waals surface area contributed by atoms with Crippen LogP contribution in [0.5, 0.6) is 11.5 Å². The third-order valence-corrected chi connectivity index (χ3v) is 3.25. The number of carbonyl (C=O) groups excluding carboxylic acids is 1. The summed E-state index contributed by atoms with van der Waals surface area (Å²) in [5.74, 6) is 2.10. The zero-order valence-electron chi connectivity index (χ0n) is 12.9. The molecule has 1 heterocycles. The van der Waals surface area contributed by atoms with Crippen molar-refractivity contribution in [3.63, 3.8) is 0 Å². The van der Waals surface area contributed by atoms with Gasteiger partial charge in [0.15, 0.2) is 0 Å². The SMILES string of the molecule is COc1ccc(OC)c(C(C)NC(=O)NCc2ccco2)c1. The highest BCUT2D eigenvalue weighted by atomic mass is 16.5. The molecule has 2 rings (SSSR count). The number of carbonyl (C=O) groups is 1. The van der Waals surface area contributed by atoms with Crippen molar-refractivity contribution in [1.29, 1.82) is 0 Å². The number of benzene rings is 1. The molecule has 0 aliphatic heterocycles. The second-order valence-corrected chi connectivity index (χ2v) is 4.74. The van der Waals surface area contributed by atoms with E-state index in [0.717, 1.165) is 5.56 Å². The second kappa shape index (κ2) is 7.40. The lowest BCUT2D eigenvalue weighted by atomic mass is 10.1. The maximum Gasteiger partial charge on any atom is 0.315 e. The van der Waals surface area contributed by atoms with Crippen LogP contribution >= 0.6 is 0 Å². The van der Waals surface area contributed by atoms with Crippen LogP contribution in [0.15, 0.2) is 41.0 Å². The smallest absolute Gasteiger partial charge is 0.315 e. The van der Waals surface area contributed by atoms with Crippen molar-refractivity contribution in [3.8, 4) is 11.5 Å². The number of furan rings is 1. The van der Waals surface area contributed by atoms with E-state index in [0.29, 0.717) is 23.8 Å². The molecular weight excluding hydrogens is 284 g/mol. The topological polar surface area (TPSA) is 72.7 Å². The summed E-state index contributed by atoms with van der Waals surface area (Å²) in [5.41, 5.74) is 0.843. The van der Waals surface area contributed by atoms with E-state index < -0.39 is 0 Å². The summed E-state index contributed by atoms with van der Waals surface area (Å²) in [5, 5.41) is 5.59. The van der Waals surface area contributed by atoms with Crippen LogP contribution in [0.2, 0.25) is 0 Å². The minimum absolute atomic E-state index is 0.235. The van der Waals surface area contributed by atoms with Gasteiger partial charge < -0.3 is 24.5 Å². The van der Waals surface area contributed by atoms with Crippen LogP contribution in [0.1, 0.15) is 24.3 Å². The van der Waals surface area contributed by atoms with Gasteiger partial charge in [-0.25, -0.2) is 4.79 Å². The molecule has 1 aromatic heterocycles. The summed E-state index contributed by atoms with van der Waals surface area (Å²) in [6.07, 6.45) is 1.57. The van der Waals surface area contributed by atoms with Crippen LogP contribution in [0, 0.1) is 0 Å². The molecule has 0 spiro atoms. The highest BCUT2D eigenvalue weighted by Gasteiger charge is 2.15. The molecule has 2 amide bonds. The van der Waals surface area contributed by atoms with Crippen molar-refractivity contribution in [2.24, 2.45) is 0 Å². The van der Waals surface area contributed by atoms with Gasteiger partial charge >= 0.3 is 6.03 Å². The average Bonchev–Trinajstić information content (AvgIpc) is 3.05. The molecule has 2 N–H and O–H groups in total. The molecule has 1 unspecified atom stereocenters. The zero-order valence-corrected chi connectivity index (χ0v) is 12.9. The van der Waals surface area contributed by atoms with Crippen LogP contribution in [0.25, 0.3) is 0 Å². The molecule has 0 fully saturated rings. The first-order valence-electron chi connectivity index (χ1n) is 6.92. The fourth-order valence-electron chi connectivity index (χ4n) is 2.08. The van der Waals surface area contributed by atoms with E-state index >= 15 is 0 Å². The summed E-state index contributed by atoms with van der Waals surface area (Å²) >= 11 is 0. The van der Waals surface area contributed by atoms with Gasteiger partial charge in [-0.15, -0.1) is 0 Å². The minimum atomic E-state index is -0.284. The Morgan fingerprint density at radius 1 is 1.27 bits per heavy atom. The molecule has 0 aliphatic carbocycles. The number of ether oxygens (including phenoxy) is 2. The Bertz CT molecular complexity index is 611. The van der Waals surface area contributed by atoms with Crippen LogP contribution in [-0.4, -0.2) is 20.3 Å². The lowest BCUT2D eigenvalue weighted by Gasteiger charge is -2.18. The molecule has 0 bridgehead atoms. The lowest BCUT2D eigenvalue weighted by Crippen LogP contribution is -2.36. The first-order valence-corrected chi connectivity index (χ1v) is 6.92. The zero-order chi connectivity index (χ0) is 15.9. The Labute approximate surface area is 129 Å². The number of rotatable bonds is 6. The van der Waals surface area contributed by atoms with E-state index in [1.54, 1.807) is 32.6 Å². The summed E-state index contributed by atoms with van der Waals surface area (Å²) in [6, 6.07) is 8.53. The normalized spacial score (nSPS) is 11.6. The first kappa shape index (κ1) is 15.8. The summed E-state index contributed by atoms with van der Waals surface area (Å²) in [7, 11) is 3.19. The largest absolute Gasteiger partial charge is 0.497 e. The van der Waals surface area contributed by atoms with Crippen LogP contribution < -0.4 is 20.1 Å². The fraction of sp³-hybridized carbons (Fsp3) is 0.312. The van der Waals surface area contributed by atoms with Gasteiger partial charge in [0.05, 0.1) is 33.1 Å². The van der Waals surface area contributed by atoms with Crippen molar-refractivity contribution in [2.45, 2.75) is 19.5 Å². The molecule has 6 heteroatoms. The average molecular weight is 304 g/mol. The third-order valence-electron chi connectivity index (χ3n) is 3.25. The second-order valence-electron chi connectivity index (χ2n) is 4.74. The monoisotopic (exact) mass is 304 g/mol. The number of amides is 2. The highest BCUT2D eigenvalue weighted by molar-refractivity contribution is 5.74. The molecule has 0 saturated carbocycles. The van der Waals surface area contributed by atoms with Gasteiger partial charge in [-0.05, 0) is 37.3 Å². The Hall–Kier alpha value is -2.63. The quantitative estimate of drug-likeness (QED) is 0.860. The molecule has 0 radical (unpaired) electrons. The summed E-state index contributed by atoms with van der Waals surface area (Å²) in [4.78, 5) is 11.9. The summed E-state index contributed by atoms with van der Waals surface area (Å²) < 4.78 is 15.7. The number of hydrogen-bond donors (Lipinski definition) is 2. The molecule has 1 atom stereocenters. The van der Waals surface area contributed by atoms with E-state index in [2.05, 4.69) is 10.6 Å². The highest BCUT2D eigenvalue weighted by Crippen LogP contribution is 2.29. The standard InChI is InChI=1S/C16H20N2O4/c1-11(14-9-12(20-2)6-7-15(14)21-3)18-16(19)17-10-13-5-4-8-22-13/h4-9,11H,10H2,1-3H3,(H2,17,18,19). The van der Waals surface area contributed by atoms with Crippen molar-refractivity contribution < 1.29 is 18.7 Å². The molecule has 1 aromatic carbocycles. The Morgan fingerprint density at radius 2 is 2.09 bits per heavy atom. The van der Waals surface area contributed by atoms with Gasteiger partial charge in [-0.3, -0.25) is 0 Å². The predicted octanol–water partition coefficient (Wildman–Crippen LogP) is 2.86. The van der Waals surface area contributed by atoms with E-state index in [1.165, 1.54) is 0 Å². The van der Waals surface area contributed by atoms with Gasteiger partial charge in [-0.1, -0.05) is 0 Å². The van der Waals surface area contributed by atoms with E-state index in [-0.39, 0.29) is 12.1 Å². The minimum Gasteiger partial charge on any atom is -0.497 e. The summed E-state index contributed by atoms with van der Waals surface area (Å²) in [6.45, 7) is 2.21. The Balaban J connectivity index is 1.98. The van der Waals surface area contributed by atoms with Crippen LogP contribution in [-0.2, 0) is 6.54 Å². The Kier molecular flexibility index (Phi) is 5.30. The predicted molar refractivity (Wildman–Crippen MR) is 82.0 cm³/mol. The fourth-order valence-corrected chi connectivity index (χ4v) is 2.08. The maximum absolute atomic E-state index is 11.9. The number of methoxy groups -OCH3 is 2. The van der Waals surface area contributed by atoms with Gasteiger partial charge in [-0.2, -0.15) is 0 Å². The van der Waals surface area contributed by atoms with E-state index in [1.807, 2.05) is 25.1 Å². The lowest BCUT2D eigenvalue weighted by molar-refractivity contribution is 0.236. The van der Waals surface area contributed by atoms with Crippen LogP contribution in [0.3, 0.4) is 0 Å². The van der Waals surface area contributed by atoms with Crippen molar-refractivity contribution in [1.82, 2.24) is 10.6 Å². The third kappa shape index (κ3) is 3.94. The Morgan fingerprint density at radius 3 is 2.73 bits per heavy atom. The first-order chi connectivity index (χ1) is 10.6. The van der Waals surface area contributed by atoms with Gasteiger partial charge in [0.25, 0.3) is 0 Å². The van der Waals surface area contributed by atoms with Crippen molar-refractivity contribution in [2.75, 3.05) is 14.2 Å². The van der Waals surface area contributed by atoms with Gasteiger partial charge in [0.2, 0.25) is 0 Å². The molecular formula is C16H20N2O4. The maximum atomic E-state index is 11.9. The van der Waals surface area contributed by atoms with Crippen LogP contribution in [0.4, 0.5) is 4.79 Å². The molecule has 2 aromatic rings. The van der Waals surface area contributed by atoms with Crippen molar-refractivity contribution >= 4 is 6.03 Å². The molecule has 0 aliphatic rings. The van der Waals surface area contributed by atoms with E-state index in [9.17, 15) is 4.79 Å².